The van der Waals surface area contributed by atoms with Gasteiger partial charge in [0, 0.05) is 36.8 Å². The molecule has 1 aromatic heterocycles. The number of halogens is 1. The van der Waals surface area contributed by atoms with E-state index in [-0.39, 0.29) is 5.91 Å². The number of nitrogens with zero attached hydrogens (tertiary/aromatic N) is 3. The zero-order chi connectivity index (χ0) is 14.0. The molecule has 0 aliphatic carbocycles. The Morgan fingerprint density at radius 1 is 1.26 bits per heavy atom. The van der Waals surface area contributed by atoms with Crippen LogP contribution in [-0.2, 0) is 10.0 Å². The molecule has 2 rings (SSSR count). The van der Waals surface area contributed by atoms with E-state index in [0.29, 0.717) is 31.9 Å². The molecule has 1 fully saturated rings. The summed E-state index contributed by atoms with van der Waals surface area (Å²) >= 11 is 3.26. The minimum absolute atomic E-state index is 0.166. The van der Waals surface area contributed by atoms with Crippen molar-refractivity contribution in [1.29, 1.82) is 0 Å². The maximum atomic E-state index is 12.1. The van der Waals surface area contributed by atoms with Gasteiger partial charge >= 0.3 is 0 Å². The Bertz CT molecular complexity index is 565. The van der Waals surface area contributed by atoms with E-state index in [0.717, 1.165) is 4.47 Å². The molecule has 1 aliphatic heterocycles. The molecule has 0 spiro atoms. The second-order valence-corrected chi connectivity index (χ2v) is 7.21. The van der Waals surface area contributed by atoms with Crippen LogP contribution in [0.3, 0.4) is 0 Å². The molecule has 104 valence electrons. The molecule has 0 radical (unpaired) electrons. The van der Waals surface area contributed by atoms with Crippen LogP contribution in [0.2, 0.25) is 0 Å². The maximum Gasteiger partial charge on any atom is 0.272 e. The van der Waals surface area contributed by atoms with Crippen molar-refractivity contribution in [2.75, 3.05) is 32.4 Å². The van der Waals surface area contributed by atoms with Crippen LogP contribution in [0.5, 0.6) is 0 Å². The Morgan fingerprint density at radius 2 is 1.89 bits per heavy atom. The van der Waals surface area contributed by atoms with Crippen molar-refractivity contribution in [3.05, 3.63) is 28.5 Å². The SMILES string of the molecule is CS(=O)(=O)N1CCN(C(=O)c2ccc(Br)cn2)CC1. The molecule has 0 aromatic carbocycles. The molecule has 2 heterocycles. The van der Waals surface area contributed by atoms with Crippen molar-refractivity contribution in [2.45, 2.75) is 0 Å². The van der Waals surface area contributed by atoms with Gasteiger partial charge in [0.05, 0.1) is 6.26 Å². The number of hydrogen-bond acceptors (Lipinski definition) is 4. The molecule has 1 saturated heterocycles. The first-order chi connectivity index (χ1) is 8.88. The fraction of sp³-hybridized carbons (Fsp3) is 0.455. The summed E-state index contributed by atoms with van der Waals surface area (Å²) in [5.41, 5.74) is 0.371. The van der Waals surface area contributed by atoms with Crippen LogP contribution in [0.4, 0.5) is 0 Å². The summed E-state index contributed by atoms with van der Waals surface area (Å²) in [4.78, 5) is 17.8. The lowest BCUT2D eigenvalue weighted by Gasteiger charge is -2.33. The third-order valence-corrected chi connectivity index (χ3v) is 4.71. The lowest BCUT2D eigenvalue weighted by Crippen LogP contribution is -2.50. The smallest absolute Gasteiger partial charge is 0.272 e. The van der Waals surface area contributed by atoms with Crippen molar-refractivity contribution in [3.63, 3.8) is 0 Å². The molecule has 0 N–H and O–H groups in total. The molecule has 0 atom stereocenters. The van der Waals surface area contributed by atoms with Gasteiger partial charge in [0.25, 0.3) is 5.91 Å². The highest BCUT2D eigenvalue weighted by molar-refractivity contribution is 9.10. The zero-order valence-electron chi connectivity index (χ0n) is 10.4. The van der Waals surface area contributed by atoms with Crippen LogP contribution in [0.1, 0.15) is 10.5 Å². The summed E-state index contributed by atoms with van der Waals surface area (Å²) in [7, 11) is -3.17. The number of piperazine rings is 1. The van der Waals surface area contributed by atoms with Gasteiger partial charge in [-0.3, -0.25) is 4.79 Å². The molecular formula is C11H14BrN3O3S. The molecule has 19 heavy (non-hydrogen) atoms. The fourth-order valence-corrected chi connectivity index (χ4v) is 2.95. The summed E-state index contributed by atoms with van der Waals surface area (Å²) in [5, 5.41) is 0. The Kier molecular flexibility index (Phi) is 4.22. The Balaban J connectivity index is 2.02. The molecule has 8 heteroatoms. The molecule has 0 saturated carbocycles. The van der Waals surface area contributed by atoms with Crippen LogP contribution >= 0.6 is 15.9 Å². The lowest BCUT2D eigenvalue weighted by atomic mass is 10.3. The molecule has 6 nitrogen and oxygen atoms in total. The number of sulfonamides is 1. The van der Waals surface area contributed by atoms with Gasteiger partial charge in [-0.2, -0.15) is 4.31 Å². The van der Waals surface area contributed by atoms with Gasteiger partial charge in [-0.25, -0.2) is 13.4 Å². The standard InChI is InChI=1S/C11H14BrN3O3S/c1-19(17,18)15-6-4-14(5-7-15)11(16)10-3-2-9(12)8-13-10/h2-3,8H,4-7H2,1H3. The van der Waals surface area contributed by atoms with Crippen LogP contribution < -0.4 is 0 Å². The first-order valence-corrected chi connectivity index (χ1v) is 8.38. The van der Waals surface area contributed by atoms with Gasteiger partial charge in [0.2, 0.25) is 10.0 Å². The van der Waals surface area contributed by atoms with Gasteiger partial charge in [0.15, 0.2) is 0 Å². The first-order valence-electron chi connectivity index (χ1n) is 5.74. The maximum absolute atomic E-state index is 12.1. The van der Waals surface area contributed by atoms with E-state index in [9.17, 15) is 13.2 Å². The van der Waals surface area contributed by atoms with Crippen molar-refractivity contribution in [3.8, 4) is 0 Å². The normalized spacial score (nSPS) is 17.5. The fourth-order valence-electron chi connectivity index (χ4n) is 1.89. The quantitative estimate of drug-likeness (QED) is 0.783. The monoisotopic (exact) mass is 347 g/mol. The van der Waals surface area contributed by atoms with Crippen LogP contribution in [0, 0.1) is 0 Å². The minimum Gasteiger partial charge on any atom is -0.335 e. The molecule has 1 aromatic rings. The van der Waals surface area contributed by atoms with Gasteiger partial charge in [0.1, 0.15) is 5.69 Å². The topological polar surface area (TPSA) is 70.6 Å². The van der Waals surface area contributed by atoms with E-state index >= 15 is 0 Å². The van der Waals surface area contributed by atoms with E-state index < -0.39 is 10.0 Å². The molecule has 0 bridgehead atoms. The predicted molar refractivity (Wildman–Crippen MR) is 74.3 cm³/mol. The number of carbonyl (C=O) groups excluding carboxylic acids is 1. The van der Waals surface area contributed by atoms with Gasteiger partial charge < -0.3 is 4.90 Å². The van der Waals surface area contributed by atoms with E-state index in [1.807, 2.05) is 0 Å². The zero-order valence-corrected chi connectivity index (χ0v) is 12.8. The van der Waals surface area contributed by atoms with Crippen LogP contribution in [-0.4, -0.2) is 60.9 Å². The van der Waals surface area contributed by atoms with Gasteiger partial charge in [-0.05, 0) is 28.1 Å². The average Bonchev–Trinajstić information content (AvgIpc) is 2.38. The number of carbonyl (C=O) groups is 1. The van der Waals surface area contributed by atoms with Crippen molar-refractivity contribution in [2.24, 2.45) is 0 Å². The second-order valence-electron chi connectivity index (χ2n) is 4.32. The summed E-state index contributed by atoms with van der Waals surface area (Å²) in [6, 6.07) is 3.41. The number of pyridine rings is 1. The number of hydrogen-bond donors (Lipinski definition) is 0. The molecule has 1 amide bonds. The van der Waals surface area contributed by atoms with E-state index in [4.69, 9.17) is 0 Å². The highest BCUT2D eigenvalue weighted by Crippen LogP contribution is 2.12. The van der Waals surface area contributed by atoms with Gasteiger partial charge in [-0.1, -0.05) is 0 Å². The Hall–Kier alpha value is -0.990. The highest BCUT2D eigenvalue weighted by atomic mass is 79.9. The Labute approximate surface area is 120 Å². The molecule has 0 unspecified atom stereocenters. The number of amides is 1. The number of rotatable bonds is 2. The van der Waals surface area contributed by atoms with Crippen molar-refractivity contribution in [1.82, 2.24) is 14.2 Å². The second kappa shape index (κ2) is 5.56. The van der Waals surface area contributed by atoms with E-state index in [2.05, 4.69) is 20.9 Å². The van der Waals surface area contributed by atoms with Crippen molar-refractivity contribution < 1.29 is 13.2 Å². The third-order valence-electron chi connectivity index (χ3n) is 2.94. The predicted octanol–water partition coefficient (Wildman–Crippen LogP) is 0.561. The highest BCUT2D eigenvalue weighted by Gasteiger charge is 2.26. The van der Waals surface area contributed by atoms with Gasteiger partial charge in [-0.15, -0.1) is 0 Å². The van der Waals surface area contributed by atoms with Crippen molar-refractivity contribution >= 4 is 31.9 Å². The van der Waals surface area contributed by atoms with E-state index in [1.165, 1.54) is 10.6 Å². The lowest BCUT2D eigenvalue weighted by molar-refractivity contribution is 0.0692. The Morgan fingerprint density at radius 3 is 2.37 bits per heavy atom. The largest absolute Gasteiger partial charge is 0.335 e. The summed E-state index contributed by atoms with van der Waals surface area (Å²) in [6.07, 6.45) is 2.75. The molecule has 1 aliphatic rings. The molecular weight excluding hydrogens is 334 g/mol. The summed E-state index contributed by atoms with van der Waals surface area (Å²) in [5.74, 6) is -0.166. The van der Waals surface area contributed by atoms with Crippen LogP contribution in [0.15, 0.2) is 22.8 Å². The number of aromatic nitrogens is 1. The first kappa shape index (κ1) is 14.4. The summed E-state index contributed by atoms with van der Waals surface area (Å²) < 4.78 is 24.9. The average molecular weight is 348 g/mol. The summed E-state index contributed by atoms with van der Waals surface area (Å²) in [6.45, 7) is 1.45. The van der Waals surface area contributed by atoms with Crippen LogP contribution in [0.25, 0.3) is 0 Å². The third kappa shape index (κ3) is 3.52. The van der Waals surface area contributed by atoms with E-state index in [1.54, 1.807) is 23.2 Å². The minimum atomic E-state index is -3.17.